The van der Waals surface area contributed by atoms with E-state index in [1.807, 2.05) is 0 Å². The van der Waals surface area contributed by atoms with Crippen LogP contribution in [0.5, 0.6) is 0 Å². The molecule has 1 heterocycles. The quantitative estimate of drug-likeness (QED) is 0.701. The lowest BCUT2D eigenvalue weighted by molar-refractivity contribution is -0.0327. The molecule has 1 aromatic heterocycles. The van der Waals surface area contributed by atoms with Gasteiger partial charge in [-0.05, 0) is 11.8 Å². The van der Waals surface area contributed by atoms with Gasteiger partial charge in [-0.15, -0.1) is 0 Å². The maximum absolute atomic E-state index is 11.8. The number of nitrogen functional groups attached to an aromatic ring is 2. The minimum absolute atomic E-state index is 0.0222. The molecular formula is C7H10F3N5S. The number of nitrogens with two attached hydrogens (primary N) is 2. The van der Waals surface area contributed by atoms with E-state index in [4.69, 9.17) is 11.5 Å². The Morgan fingerprint density at radius 3 is 2.56 bits per heavy atom. The molecule has 0 aromatic carbocycles. The first-order valence-corrected chi connectivity index (χ1v) is 5.20. The van der Waals surface area contributed by atoms with Crippen LogP contribution in [0.1, 0.15) is 0 Å². The standard InChI is InChI=1S/C7H10F3N5S/c8-7(9,10)16-2-1-13-5-3-4(11)14-6(12)15-5/h3H,1-2H2,(H5,11,12,13,14,15). The van der Waals surface area contributed by atoms with Crippen molar-refractivity contribution in [2.45, 2.75) is 5.51 Å². The van der Waals surface area contributed by atoms with Gasteiger partial charge in [-0.2, -0.15) is 23.1 Å². The number of nitrogens with one attached hydrogen (secondary N) is 1. The number of rotatable bonds is 4. The summed E-state index contributed by atoms with van der Waals surface area (Å²) in [5.74, 6) is 0.338. The largest absolute Gasteiger partial charge is 0.441 e. The third kappa shape index (κ3) is 4.91. The Kier molecular flexibility index (Phi) is 4.05. The Balaban J connectivity index is 2.37. The Labute approximate surface area is 93.8 Å². The van der Waals surface area contributed by atoms with Crippen molar-refractivity contribution < 1.29 is 13.2 Å². The van der Waals surface area contributed by atoms with E-state index in [-0.39, 0.29) is 35.8 Å². The van der Waals surface area contributed by atoms with Gasteiger partial charge < -0.3 is 16.8 Å². The molecule has 9 heteroatoms. The Bertz CT molecular complexity index is 336. The second-order valence-electron chi connectivity index (χ2n) is 2.76. The van der Waals surface area contributed by atoms with Crippen LogP contribution >= 0.6 is 11.8 Å². The van der Waals surface area contributed by atoms with Gasteiger partial charge in [0.05, 0.1) is 0 Å². The van der Waals surface area contributed by atoms with E-state index in [9.17, 15) is 13.2 Å². The van der Waals surface area contributed by atoms with E-state index in [0.717, 1.165) is 0 Å². The summed E-state index contributed by atoms with van der Waals surface area (Å²) in [6.45, 7) is 0.111. The third-order valence-electron chi connectivity index (χ3n) is 1.44. The molecule has 0 aliphatic rings. The number of hydrogen-bond acceptors (Lipinski definition) is 6. The molecule has 0 spiro atoms. The molecule has 0 saturated carbocycles. The van der Waals surface area contributed by atoms with Crippen molar-refractivity contribution in [2.75, 3.05) is 29.1 Å². The predicted molar refractivity (Wildman–Crippen MR) is 57.9 cm³/mol. The molecule has 0 fully saturated rings. The summed E-state index contributed by atoms with van der Waals surface area (Å²) in [4.78, 5) is 7.37. The van der Waals surface area contributed by atoms with E-state index in [2.05, 4.69) is 15.3 Å². The number of aromatic nitrogens is 2. The molecule has 0 saturated heterocycles. The summed E-state index contributed by atoms with van der Waals surface area (Å²) in [5, 5.41) is 2.67. The van der Waals surface area contributed by atoms with Gasteiger partial charge in [0.25, 0.3) is 0 Å². The predicted octanol–water partition coefficient (Wildman–Crippen LogP) is 1.31. The van der Waals surface area contributed by atoms with Gasteiger partial charge in [0.1, 0.15) is 11.6 Å². The van der Waals surface area contributed by atoms with Crippen molar-refractivity contribution >= 4 is 29.3 Å². The number of halogens is 3. The van der Waals surface area contributed by atoms with Crippen molar-refractivity contribution in [3.63, 3.8) is 0 Å². The maximum Gasteiger partial charge on any atom is 0.441 e. The molecular weight excluding hydrogens is 243 g/mol. The lowest BCUT2D eigenvalue weighted by Gasteiger charge is -2.08. The van der Waals surface area contributed by atoms with Crippen molar-refractivity contribution in [2.24, 2.45) is 0 Å². The molecule has 0 aliphatic heterocycles. The highest BCUT2D eigenvalue weighted by atomic mass is 32.2. The molecule has 0 aliphatic carbocycles. The fourth-order valence-electron chi connectivity index (χ4n) is 0.922. The monoisotopic (exact) mass is 253 g/mol. The molecule has 16 heavy (non-hydrogen) atoms. The number of hydrogen-bond donors (Lipinski definition) is 3. The molecule has 5 N–H and O–H groups in total. The van der Waals surface area contributed by atoms with Gasteiger partial charge in [0.2, 0.25) is 5.95 Å². The van der Waals surface area contributed by atoms with Gasteiger partial charge in [-0.1, -0.05) is 0 Å². The molecule has 1 rings (SSSR count). The molecule has 0 atom stereocenters. The number of alkyl halides is 3. The average molecular weight is 253 g/mol. The van der Waals surface area contributed by atoms with Crippen LogP contribution in [0.4, 0.5) is 30.8 Å². The van der Waals surface area contributed by atoms with Crippen molar-refractivity contribution in [3.8, 4) is 0 Å². The van der Waals surface area contributed by atoms with Crippen molar-refractivity contribution in [1.29, 1.82) is 0 Å². The van der Waals surface area contributed by atoms with E-state index in [1.54, 1.807) is 0 Å². The van der Waals surface area contributed by atoms with E-state index in [0.29, 0.717) is 5.82 Å². The average Bonchev–Trinajstić information content (AvgIpc) is 2.09. The zero-order valence-corrected chi connectivity index (χ0v) is 8.90. The van der Waals surface area contributed by atoms with Crippen LogP contribution in [-0.4, -0.2) is 27.8 Å². The van der Waals surface area contributed by atoms with E-state index < -0.39 is 5.51 Å². The summed E-state index contributed by atoms with van der Waals surface area (Å²) in [6, 6.07) is 1.40. The fraction of sp³-hybridized carbons (Fsp3) is 0.429. The van der Waals surface area contributed by atoms with E-state index >= 15 is 0 Å². The molecule has 90 valence electrons. The first-order valence-electron chi connectivity index (χ1n) is 4.21. The van der Waals surface area contributed by atoms with E-state index in [1.165, 1.54) is 6.07 Å². The highest BCUT2D eigenvalue weighted by Gasteiger charge is 2.27. The van der Waals surface area contributed by atoms with Crippen molar-refractivity contribution in [1.82, 2.24) is 9.97 Å². The van der Waals surface area contributed by atoms with Crippen LogP contribution in [0, 0.1) is 0 Å². The first kappa shape index (κ1) is 12.7. The van der Waals surface area contributed by atoms with Crippen molar-refractivity contribution in [3.05, 3.63) is 6.07 Å². The summed E-state index contributed by atoms with van der Waals surface area (Å²) < 4.78 is 35.3. The summed E-state index contributed by atoms with van der Waals surface area (Å²) in [5.41, 5.74) is 6.47. The molecule has 5 nitrogen and oxygen atoms in total. The number of anilines is 3. The molecule has 0 bridgehead atoms. The third-order valence-corrected chi connectivity index (χ3v) is 2.17. The fourth-order valence-corrected chi connectivity index (χ4v) is 1.36. The Morgan fingerprint density at radius 1 is 1.31 bits per heavy atom. The van der Waals surface area contributed by atoms with Crippen LogP contribution in [0.15, 0.2) is 6.07 Å². The second kappa shape index (κ2) is 5.10. The smallest absolute Gasteiger partial charge is 0.383 e. The first-order chi connectivity index (χ1) is 7.37. The van der Waals surface area contributed by atoms with Gasteiger partial charge in [0, 0.05) is 18.4 Å². The van der Waals surface area contributed by atoms with Gasteiger partial charge in [-0.25, -0.2) is 0 Å². The normalized spacial score (nSPS) is 11.4. The zero-order valence-electron chi connectivity index (χ0n) is 8.08. The van der Waals surface area contributed by atoms with Crippen LogP contribution in [0.25, 0.3) is 0 Å². The summed E-state index contributed by atoms with van der Waals surface area (Å²) in [6.07, 6.45) is 0. The molecule has 0 amide bonds. The van der Waals surface area contributed by atoms with Crippen LogP contribution in [0.2, 0.25) is 0 Å². The summed E-state index contributed by atoms with van der Waals surface area (Å²) >= 11 is -0.107. The summed E-state index contributed by atoms with van der Waals surface area (Å²) in [7, 11) is 0. The topological polar surface area (TPSA) is 89.8 Å². The maximum atomic E-state index is 11.8. The van der Waals surface area contributed by atoms with Gasteiger partial charge >= 0.3 is 5.51 Å². The lowest BCUT2D eigenvalue weighted by Crippen LogP contribution is -2.11. The lowest BCUT2D eigenvalue weighted by atomic mass is 10.5. The van der Waals surface area contributed by atoms with Crippen LogP contribution in [-0.2, 0) is 0 Å². The van der Waals surface area contributed by atoms with Crippen LogP contribution < -0.4 is 16.8 Å². The minimum atomic E-state index is -4.22. The second-order valence-corrected chi connectivity index (χ2v) is 3.92. The van der Waals surface area contributed by atoms with Crippen LogP contribution in [0.3, 0.4) is 0 Å². The van der Waals surface area contributed by atoms with Gasteiger partial charge in [-0.3, -0.25) is 0 Å². The number of nitrogens with zero attached hydrogens (tertiary/aromatic N) is 2. The molecule has 0 unspecified atom stereocenters. The molecule has 1 aromatic rings. The highest BCUT2D eigenvalue weighted by molar-refractivity contribution is 8.00. The highest BCUT2D eigenvalue weighted by Crippen LogP contribution is 2.29. The Morgan fingerprint density at radius 2 is 2.00 bits per heavy atom. The SMILES string of the molecule is Nc1cc(NCCSC(F)(F)F)nc(N)n1. The molecule has 0 radical (unpaired) electrons. The zero-order chi connectivity index (χ0) is 12.2. The Hall–Kier alpha value is -1.38. The van der Waals surface area contributed by atoms with Gasteiger partial charge in [0.15, 0.2) is 0 Å². The minimum Gasteiger partial charge on any atom is -0.383 e. The number of thioether (sulfide) groups is 1.